The molecular formula is C29H24FN5O5S. The monoisotopic (exact) mass is 573 g/mol. The van der Waals surface area contributed by atoms with Gasteiger partial charge in [0.2, 0.25) is 15.9 Å². The number of pyridine rings is 1. The van der Waals surface area contributed by atoms with Gasteiger partial charge in [0.25, 0.3) is 5.91 Å². The Labute approximate surface area is 234 Å². The molecule has 1 aliphatic rings. The fourth-order valence-corrected chi connectivity index (χ4v) is 5.19. The zero-order chi connectivity index (χ0) is 28.9. The normalized spacial score (nSPS) is 12.7. The van der Waals surface area contributed by atoms with Crippen molar-refractivity contribution in [3.8, 4) is 33.9 Å². The minimum absolute atomic E-state index is 0.224. The number of anilines is 2. The Morgan fingerprint density at radius 3 is 2.54 bits per heavy atom. The van der Waals surface area contributed by atoms with E-state index in [1.54, 1.807) is 30.6 Å². The van der Waals surface area contributed by atoms with Crippen LogP contribution in [-0.4, -0.2) is 51.2 Å². The standard InChI is InChI=1S/C29H24FN5O5S/c1-31-28(36)25-21-12-20(17-11-18(15-32-14-17)29-34-27-23(40-29)5-4-10-33-27)22(35(2)41(3,37)38)13-24(21)39-26(25)16-6-8-19(30)9-7-16/h4-9,11-15,33H,10H2,1-3H3,(H,31,36). The summed E-state index contributed by atoms with van der Waals surface area (Å²) in [6.07, 6.45) is 8.04. The molecule has 0 unspecified atom stereocenters. The van der Waals surface area contributed by atoms with Gasteiger partial charge in [-0.05, 0) is 42.5 Å². The fourth-order valence-electron chi connectivity index (χ4n) is 4.68. The molecule has 0 atom stereocenters. The molecule has 0 saturated heterocycles. The number of benzene rings is 2. The minimum atomic E-state index is -3.70. The topological polar surface area (TPSA) is 131 Å². The van der Waals surface area contributed by atoms with Crippen LogP contribution in [0.15, 0.2) is 69.8 Å². The molecule has 0 radical (unpaired) electrons. The third-order valence-electron chi connectivity index (χ3n) is 6.81. The maximum atomic E-state index is 13.7. The molecule has 0 aliphatic carbocycles. The first-order valence-electron chi connectivity index (χ1n) is 12.5. The van der Waals surface area contributed by atoms with E-state index in [4.69, 9.17) is 8.83 Å². The highest BCUT2D eigenvalue weighted by atomic mass is 32.2. The number of amides is 1. The predicted molar refractivity (Wildman–Crippen MR) is 154 cm³/mol. The average Bonchev–Trinajstić information content (AvgIpc) is 3.57. The summed E-state index contributed by atoms with van der Waals surface area (Å²) in [4.78, 5) is 22.0. The van der Waals surface area contributed by atoms with Crippen LogP contribution < -0.4 is 14.9 Å². The molecule has 208 valence electrons. The van der Waals surface area contributed by atoms with Gasteiger partial charge in [-0.1, -0.05) is 6.08 Å². The Hall–Kier alpha value is -4.97. The molecule has 41 heavy (non-hydrogen) atoms. The zero-order valence-electron chi connectivity index (χ0n) is 22.2. The van der Waals surface area contributed by atoms with Gasteiger partial charge in [0.05, 0.1) is 23.1 Å². The third-order valence-corrected chi connectivity index (χ3v) is 8.00. The lowest BCUT2D eigenvalue weighted by atomic mass is 9.98. The Bertz CT molecular complexity index is 1960. The summed E-state index contributed by atoms with van der Waals surface area (Å²) >= 11 is 0. The van der Waals surface area contributed by atoms with Gasteiger partial charge < -0.3 is 19.5 Å². The molecule has 0 spiro atoms. The third kappa shape index (κ3) is 4.72. The van der Waals surface area contributed by atoms with E-state index in [0.717, 1.165) is 10.6 Å². The van der Waals surface area contributed by atoms with Crippen LogP contribution in [0.4, 0.5) is 15.9 Å². The van der Waals surface area contributed by atoms with Gasteiger partial charge in [-0.15, -0.1) is 0 Å². The average molecular weight is 574 g/mol. The van der Waals surface area contributed by atoms with E-state index in [-0.39, 0.29) is 16.9 Å². The smallest absolute Gasteiger partial charge is 0.255 e. The highest BCUT2D eigenvalue weighted by Crippen LogP contribution is 2.42. The summed E-state index contributed by atoms with van der Waals surface area (Å²) in [7, 11) is -0.770. The van der Waals surface area contributed by atoms with Crippen molar-refractivity contribution in [1.82, 2.24) is 15.3 Å². The molecule has 0 fully saturated rings. The highest BCUT2D eigenvalue weighted by molar-refractivity contribution is 7.92. The molecule has 2 N–H and O–H groups in total. The maximum Gasteiger partial charge on any atom is 0.255 e. The van der Waals surface area contributed by atoms with E-state index in [1.165, 1.54) is 38.4 Å². The molecule has 0 bridgehead atoms. The van der Waals surface area contributed by atoms with Gasteiger partial charge in [-0.2, -0.15) is 4.98 Å². The Morgan fingerprint density at radius 2 is 1.83 bits per heavy atom. The second-order valence-electron chi connectivity index (χ2n) is 9.47. The SMILES string of the molecule is CNC(=O)c1c(-c2ccc(F)cc2)oc2cc(N(C)S(C)(=O)=O)c(-c3cncc(-c4nc5c(o4)C=CCN5)c3)cc12. The largest absolute Gasteiger partial charge is 0.455 e. The van der Waals surface area contributed by atoms with E-state index >= 15 is 0 Å². The van der Waals surface area contributed by atoms with Gasteiger partial charge in [0.15, 0.2) is 11.6 Å². The number of carbonyl (C=O) groups is 1. The molecule has 2 aromatic carbocycles. The number of hydrogen-bond acceptors (Lipinski definition) is 8. The Kier molecular flexibility index (Phi) is 6.34. The van der Waals surface area contributed by atoms with Crippen molar-refractivity contribution in [3.05, 3.63) is 78.1 Å². The quantitative estimate of drug-likeness (QED) is 0.285. The lowest BCUT2D eigenvalue weighted by molar-refractivity contribution is 0.0964. The first-order valence-corrected chi connectivity index (χ1v) is 14.4. The molecule has 10 nitrogen and oxygen atoms in total. The molecule has 1 aliphatic heterocycles. The van der Waals surface area contributed by atoms with Crippen molar-refractivity contribution in [2.24, 2.45) is 0 Å². The van der Waals surface area contributed by atoms with Crippen LogP contribution in [0.25, 0.3) is 51.0 Å². The molecule has 1 amide bonds. The number of oxazole rings is 1. The van der Waals surface area contributed by atoms with Gasteiger partial charge in [0, 0.05) is 61.2 Å². The Morgan fingerprint density at radius 1 is 1.07 bits per heavy atom. The minimum Gasteiger partial charge on any atom is -0.455 e. The molecule has 5 aromatic rings. The summed E-state index contributed by atoms with van der Waals surface area (Å²) in [6, 6.07) is 10.6. The maximum absolute atomic E-state index is 13.7. The van der Waals surface area contributed by atoms with Crippen LogP contribution in [0, 0.1) is 5.82 Å². The van der Waals surface area contributed by atoms with Crippen molar-refractivity contribution in [2.75, 3.05) is 36.5 Å². The van der Waals surface area contributed by atoms with Gasteiger partial charge in [-0.25, -0.2) is 12.8 Å². The van der Waals surface area contributed by atoms with Gasteiger partial charge in [0.1, 0.15) is 17.2 Å². The summed E-state index contributed by atoms with van der Waals surface area (Å²) < 4.78 is 52.2. The number of hydrogen-bond donors (Lipinski definition) is 2. The van der Waals surface area contributed by atoms with Crippen molar-refractivity contribution in [2.45, 2.75) is 0 Å². The number of nitrogens with one attached hydrogen (secondary N) is 2. The number of furan rings is 1. The summed E-state index contributed by atoms with van der Waals surface area (Å²) in [5, 5.41) is 6.22. The first-order chi connectivity index (χ1) is 19.6. The van der Waals surface area contributed by atoms with Crippen LogP contribution in [0.3, 0.4) is 0 Å². The number of carbonyl (C=O) groups excluding carboxylic acids is 1. The highest BCUT2D eigenvalue weighted by Gasteiger charge is 2.26. The molecule has 3 aromatic heterocycles. The number of aromatic nitrogens is 2. The van der Waals surface area contributed by atoms with Crippen LogP contribution in [0.5, 0.6) is 0 Å². The number of sulfonamides is 1. The van der Waals surface area contributed by atoms with Crippen molar-refractivity contribution >= 4 is 44.5 Å². The second kappa shape index (κ2) is 9.89. The Balaban J connectivity index is 1.59. The van der Waals surface area contributed by atoms with E-state index in [1.807, 2.05) is 12.2 Å². The zero-order valence-corrected chi connectivity index (χ0v) is 23.0. The van der Waals surface area contributed by atoms with Crippen molar-refractivity contribution in [3.63, 3.8) is 0 Å². The molecule has 4 heterocycles. The number of halogens is 1. The van der Waals surface area contributed by atoms with Gasteiger partial charge >= 0.3 is 0 Å². The van der Waals surface area contributed by atoms with Crippen LogP contribution in [-0.2, 0) is 10.0 Å². The molecule has 0 saturated carbocycles. The summed E-state index contributed by atoms with van der Waals surface area (Å²) in [5.74, 6) is 0.928. The van der Waals surface area contributed by atoms with Gasteiger partial charge in [-0.3, -0.25) is 14.1 Å². The lowest BCUT2D eigenvalue weighted by Crippen LogP contribution is -2.25. The molecule has 6 rings (SSSR count). The van der Waals surface area contributed by atoms with Crippen LogP contribution in [0.1, 0.15) is 16.1 Å². The molecule has 12 heteroatoms. The summed E-state index contributed by atoms with van der Waals surface area (Å²) in [6.45, 7) is 0.636. The van der Waals surface area contributed by atoms with Crippen molar-refractivity contribution in [1.29, 1.82) is 0 Å². The van der Waals surface area contributed by atoms with E-state index in [9.17, 15) is 17.6 Å². The second-order valence-corrected chi connectivity index (χ2v) is 11.5. The number of nitrogens with zero attached hydrogens (tertiary/aromatic N) is 3. The van der Waals surface area contributed by atoms with Crippen LogP contribution in [0.2, 0.25) is 0 Å². The van der Waals surface area contributed by atoms with Crippen molar-refractivity contribution < 1.29 is 26.4 Å². The first kappa shape index (κ1) is 26.3. The number of fused-ring (bicyclic) bond motifs is 2. The summed E-state index contributed by atoms with van der Waals surface area (Å²) in [5.41, 5.74) is 2.91. The van der Waals surface area contributed by atoms with E-state index in [2.05, 4.69) is 20.6 Å². The predicted octanol–water partition coefficient (Wildman–Crippen LogP) is 5.15. The lowest BCUT2D eigenvalue weighted by Gasteiger charge is -2.20. The molecular weight excluding hydrogens is 549 g/mol. The van der Waals surface area contributed by atoms with E-state index in [0.29, 0.717) is 57.3 Å². The number of rotatable bonds is 6. The van der Waals surface area contributed by atoms with Crippen LogP contribution >= 0.6 is 0 Å². The van der Waals surface area contributed by atoms with E-state index < -0.39 is 21.7 Å². The fraction of sp³-hybridized carbons (Fsp3) is 0.138.